The van der Waals surface area contributed by atoms with Gasteiger partial charge in [0.1, 0.15) is 0 Å². The first kappa shape index (κ1) is 11.9. The molecule has 73 valence electrons. The lowest BCUT2D eigenvalue weighted by Crippen LogP contribution is -2.19. The molecule has 3 N–H and O–H groups in total. The Morgan fingerprint density at radius 2 is 1.58 bits per heavy atom. The summed E-state index contributed by atoms with van der Waals surface area (Å²) in [6.45, 7) is 6.84. The fraction of sp³-hybridized carbons (Fsp3) is 0.900. The van der Waals surface area contributed by atoms with Gasteiger partial charge in [-0.1, -0.05) is 32.6 Å². The van der Waals surface area contributed by atoms with Crippen LogP contribution in [0.5, 0.6) is 0 Å². The number of unbranched alkanes of at least 4 members (excludes halogenated alkanes) is 4. The Morgan fingerprint density at radius 1 is 0.917 bits per heavy atom. The van der Waals surface area contributed by atoms with Gasteiger partial charge >= 0.3 is 0 Å². The van der Waals surface area contributed by atoms with Gasteiger partial charge in [-0.25, -0.2) is 0 Å². The van der Waals surface area contributed by atoms with E-state index in [1.807, 2.05) is 0 Å². The topological polar surface area (TPSA) is 38.0 Å². The summed E-state index contributed by atoms with van der Waals surface area (Å²) in [6, 6.07) is 0. The van der Waals surface area contributed by atoms with E-state index in [0.29, 0.717) is 0 Å². The maximum Gasteiger partial charge on any atom is -0.00369 e. The van der Waals surface area contributed by atoms with Crippen molar-refractivity contribution in [2.75, 3.05) is 19.6 Å². The first-order valence-electron chi connectivity index (χ1n) is 5.12. The van der Waals surface area contributed by atoms with Gasteiger partial charge in [-0.05, 0) is 32.5 Å². The summed E-state index contributed by atoms with van der Waals surface area (Å²) in [5, 5.41) is 3.37. The van der Waals surface area contributed by atoms with Gasteiger partial charge in [-0.15, -0.1) is 0 Å². The molecule has 0 saturated carbocycles. The molecule has 0 aromatic heterocycles. The first-order valence-corrected chi connectivity index (χ1v) is 5.12. The summed E-state index contributed by atoms with van der Waals surface area (Å²) in [7, 11) is 0. The summed E-state index contributed by atoms with van der Waals surface area (Å²) >= 11 is 0. The lowest BCUT2D eigenvalue weighted by molar-refractivity contribution is 0.581. The minimum atomic E-state index is 0.800. The third-order valence-corrected chi connectivity index (χ3v) is 1.91. The van der Waals surface area contributed by atoms with E-state index >= 15 is 0 Å². The van der Waals surface area contributed by atoms with Crippen LogP contribution in [0.2, 0.25) is 0 Å². The highest BCUT2D eigenvalue weighted by Gasteiger charge is 1.88. The van der Waals surface area contributed by atoms with Crippen LogP contribution in [0.15, 0.2) is 0 Å². The van der Waals surface area contributed by atoms with Crippen molar-refractivity contribution >= 4 is 0 Å². The molecule has 0 amide bonds. The molecule has 1 radical (unpaired) electrons. The maximum atomic E-state index is 5.36. The molecule has 0 aromatic carbocycles. The van der Waals surface area contributed by atoms with Crippen LogP contribution in [-0.4, -0.2) is 19.6 Å². The van der Waals surface area contributed by atoms with E-state index < -0.39 is 0 Å². The molecule has 0 spiro atoms. The van der Waals surface area contributed by atoms with E-state index in [1.165, 1.54) is 25.7 Å². The Labute approximate surface area is 76.9 Å². The first-order chi connectivity index (χ1) is 5.91. The summed E-state index contributed by atoms with van der Waals surface area (Å²) < 4.78 is 0. The van der Waals surface area contributed by atoms with Gasteiger partial charge in [0.15, 0.2) is 0 Å². The molecule has 0 aliphatic heterocycles. The third-order valence-electron chi connectivity index (χ3n) is 1.91. The van der Waals surface area contributed by atoms with Gasteiger partial charge in [-0.3, -0.25) is 0 Å². The smallest absolute Gasteiger partial charge is 0.00369 e. The van der Waals surface area contributed by atoms with Crippen LogP contribution in [0, 0.1) is 6.92 Å². The molecular weight excluding hydrogens is 148 g/mol. The molecule has 0 aromatic rings. The molecule has 12 heavy (non-hydrogen) atoms. The van der Waals surface area contributed by atoms with Gasteiger partial charge in [0.2, 0.25) is 0 Å². The maximum absolute atomic E-state index is 5.36. The van der Waals surface area contributed by atoms with E-state index in [4.69, 9.17) is 5.73 Å². The van der Waals surface area contributed by atoms with Gasteiger partial charge in [0, 0.05) is 0 Å². The van der Waals surface area contributed by atoms with Crippen molar-refractivity contribution in [2.45, 2.75) is 38.5 Å². The monoisotopic (exact) mass is 171 g/mol. The predicted molar refractivity (Wildman–Crippen MR) is 55.0 cm³/mol. The normalized spacial score (nSPS) is 10.5. The number of nitrogens with one attached hydrogen (secondary N) is 1. The second-order valence-corrected chi connectivity index (χ2v) is 3.16. The zero-order valence-electron chi connectivity index (χ0n) is 8.15. The molecule has 0 fully saturated rings. The third kappa shape index (κ3) is 9.92. The Bertz CT molecular complexity index is 64.2. The molecule has 0 atom stereocenters. The van der Waals surface area contributed by atoms with Crippen LogP contribution in [0.25, 0.3) is 0 Å². The summed E-state index contributed by atoms with van der Waals surface area (Å²) in [5.41, 5.74) is 5.36. The second kappa shape index (κ2) is 10.9. The second-order valence-electron chi connectivity index (χ2n) is 3.16. The number of nitrogens with two attached hydrogens (primary N) is 1. The van der Waals surface area contributed by atoms with Crippen LogP contribution >= 0.6 is 0 Å². The summed E-state index contributed by atoms with van der Waals surface area (Å²) in [5.74, 6) is 0. The average molecular weight is 171 g/mol. The largest absolute Gasteiger partial charge is 0.330 e. The Morgan fingerprint density at radius 3 is 2.25 bits per heavy atom. The predicted octanol–water partition coefficient (Wildman–Crippen LogP) is 1.71. The van der Waals surface area contributed by atoms with Crippen molar-refractivity contribution in [3.05, 3.63) is 6.92 Å². The number of rotatable bonds is 9. The van der Waals surface area contributed by atoms with Crippen molar-refractivity contribution in [1.29, 1.82) is 0 Å². The van der Waals surface area contributed by atoms with E-state index in [1.54, 1.807) is 0 Å². The molecule has 0 aliphatic rings. The van der Waals surface area contributed by atoms with Crippen molar-refractivity contribution in [3.8, 4) is 0 Å². The van der Waals surface area contributed by atoms with Gasteiger partial charge in [0.05, 0.1) is 0 Å². The lowest BCUT2D eigenvalue weighted by Gasteiger charge is -2.02. The van der Waals surface area contributed by atoms with E-state index in [9.17, 15) is 0 Å². The molecule has 0 bridgehead atoms. The molecule has 0 heterocycles. The SMILES string of the molecule is [CH2]CCCCCCNCCCN. The molecule has 2 heteroatoms. The molecule has 0 unspecified atom stereocenters. The number of hydrogen-bond acceptors (Lipinski definition) is 2. The van der Waals surface area contributed by atoms with Crippen LogP contribution in [0.4, 0.5) is 0 Å². The summed E-state index contributed by atoms with van der Waals surface area (Å²) in [6.07, 6.45) is 7.43. The van der Waals surface area contributed by atoms with E-state index in [-0.39, 0.29) is 0 Å². The fourth-order valence-corrected chi connectivity index (χ4v) is 1.13. The van der Waals surface area contributed by atoms with Gasteiger partial charge < -0.3 is 11.1 Å². The zero-order chi connectivity index (χ0) is 9.07. The Hall–Kier alpha value is -0.0800. The fourth-order valence-electron chi connectivity index (χ4n) is 1.13. The van der Waals surface area contributed by atoms with Crippen LogP contribution in [0.3, 0.4) is 0 Å². The molecule has 2 nitrogen and oxygen atoms in total. The van der Waals surface area contributed by atoms with Crippen molar-refractivity contribution in [1.82, 2.24) is 5.32 Å². The van der Waals surface area contributed by atoms with E-state index in [0.717, 1.165) is 32.5 Å². The summed E-state index contributed by atoms with van der Waals surface area (Å²) in [4.78, 5) is 0. The zero-order valence-corrected chi connectivity index (χ0v) is 8.15. The van der Waals surface area contributed by atoms with Crippen molar-refractivity contribution < 1.29 is 0 Å². The van der Waals surface area contributed by atoms with Crippen LogP contribution in [0.1, 0.15) is 38.5 Å². The van der Waals surface area contributed by atoms with Gasteiger partial charge in [0.25, 0.3) is 0 Å². The molecule has 0 rings (SSSR count). The van der Waals surface area contributed by atoms with Gasteiger partial charge in [-0.2, -0.15) is 0 Å². The van der Waals surface area contributed by atoms with E-state index in [2.05, 4.69) is 12.2 Å². The van der Waals surface area contributed by atoms with Crippen LogP contribution in [-0.2, 0) is 0 Å². The highest BCUT2D eigenvalue weighted by Crippen LogP contribution is 2.00. The molecule has 0 saturated heterocycles. The highest BCUT2D eigenvalue weighted by atomic mass is 14.8. The highest BCUT2D eigenvalue weighted by molar-refractivity contribution is 4.50. The quantitative estimate of drug-likeness (QED) is 0.518. The standard InChI is InChI=1S/C10H23N2/c1-2-3-4-5-6-9-12-10-7-8-11/h12H,1-11H2. The minimum absolute atomic E-state index is 0.800. The lowest BCUT2D eigenvalue weighted by atomic mass is 10.1. The Kier molecular flexibility index (Phi) is 10.8. The van der Waals surface area contributed by atoms with Crippen molar-refractivity contribution in [3.63, 3.8) is 0 Å². The van der Waals surface area contributed by atoms with Crippen molar-refractivity contribution in [2.24, 2.45) is 5.73 Å². The minimum Gasteiger partial charge on any atom is -0.330 e. The molecular formula is C10H23N2. The Balaban J connectivity index is 2.73. The average Bonchev–Trinajstić information content (AvgIpc) is 2.10. The van der Waals surface area contributed by atoms with Crippen LogP contribution < -0.4 is 11.1 Å². The number of hydrogen-bond donors (Lipinski definition) is 2. The molecule has 0 aliphatic carbocycles.